The quantitative estimate of drug-likeness (QED) is 0.608. The van der Waals surface area contributed by atoms with Gasteiger partial charge in [0.2, 0.25) is 0 Å². The predicted molar refractivity (Wildman–Crippen MR) is 49.8 cm³/mol. The van der Waals surface area contributed by atoms with Crippen LogP contribution in [-0.2, 0) is 0 Å². The van der Waals surface area contributed by atoms with E-state index in [1.54, 1.807) is 0 Å². The molecule has 3 atom stereocenters. The fourth-order valence-corrected chi connectivity index (χ4v) is 1.56. The van der Waals surface area contributed by atoms with Crippen molar-refractivity contribution in [2.75, 3.05) is 26.7 Å². The fraction of sp³-hybridized carbons (Fsp3) is 1.00. The van der Waals surface area contributed by atoms with Crippen molar-refractivity contribution in [3.63, 3.8) is 0 Å². The lowest BCUT2D eigenvalue weighted by molar-refractivity contribution is 0.129. The van der Waals surface area contributed by atoms with Gasteiger partial charge < -0.3 is 15.7 Å². The standard InChI is InChI=1S/C9H20N2O/c1-7-3-8(7)5-11(2)6-9(12)4-10/h7-9,12H,3-6,10H2,1-2H3. The van der Waals surface area contributed by atoms with Gasteiger partial charge in [0, 0.05) is 19.6 Å². The molecule has 1 aliphatic carbocycles. The molecule has 0 saturated heterocycles. The zero-order valence-electron chi connectivity index (χ0n) is 8.03. The van der Waals surface area contributed by atoms with E-state index in [0.29, 0.717) is 13.1 Å². The van der Waals surface area contributed by atoms with Crippen molar-refractivity contribution < 1.29 is 5.11 Å². The maximum Gasteiger partial charge on any atom is 0.0788 e. The Kier molecular flexibility index (Phi) is 3.50. The maximum atomic E-state index is 9.26. The summed E-state index contributed by atoms with van der Waals surface area (Å²) in [7, 11) is 2.05. The molecule has 72 valence electrons. The maximum absolute atomic E-state index is 9.26. The van der Waals surface area contributed by atoms with Gasteiger partial charge in [0.15, 0.2) is 0 Å². The molecule has 0 bridgehead atoms. The summed E-state index contributed by atoms with van der Waals surface area (Å²) in [4.78, 5) is 2.17. The molecule has 1 saturated carbocycles. The van der Waals surface area contributed by atoms with Crippen LogP contribution in [0.2, 0.25) is 0 Å². The van der Waals surface area contributed by atoms with Gasteiger partial charge in [0.25, 0.3) is 0 Å². The first kappa shape index (κ1) is 9.96. The Morgan fingerprint density at radius 3 is 2.67 bits per heavy atom. The third-order valence-electron chi connectivity index (χ3n) is 2.62. The Hall–Kier alpha value is -0.120. The lowest BCUT2D eigenvalue weighted by atomic mass is 10.3. The largest absolute Gasteiger partial charge is 0.390 e. The molecule has 3 unspecified atom stereocenters. The van der Waals surface area contributed by atoms with Crippen molar-refractivity contribution >= 4 is 0 Å². The summed E-state index contributed by atoms with van der Waals surface area (Å²) in [6.45, 7) is 4.46. The number of aliphatic hydroxyl groups is 1. The Morgan fingerprint density at radius 2 is 2.25 bits per heavy atom. The average Bonchev–Trinajstić information content (AvgIpc) is 2.66. The number of nitrogens with two attached hydrogens (primary N) is 1. The predicted octanol–water partition coefficient (Wildman–Crippen LogP) is -0.106. The van der Waals surface area contributed by atoms with E-state index < -0.39 is 0 Å². The first-order chi connectivity index (χ1) is 5.63. The zero-order chi connectivity index (χ0) is 9.14. The highest BCUT2D eigenvalue weighted by molar-refractivity contribution is 4.84. The molecule has 0 heterocycles. The van der Waals surface area contributed by atoms with Crippen LogP contribution in [0.1, 0.15) is 13.3 Å². The third kappa shape index (κ3) is 3.09. The van der Waals surface area contributed by atoms with Gasteiger partial charge in [-0.25, -0.2) is 0 Å². The molecule has 3 nitrogen and oxygen atoms in total. The first-order valence-electron chi connectivity index (χ1n) is 4.70. The molecular formula is C9H20N2O. The van der Waals surface area contributed by atoms with E-state index in [-0.39, 0.29) is 6.10 Å². The van der Waals surface area contributed by atoms with Gasteiger partial charge in [-0.2, -0.15) is 0 Å². The van der Waals surface area contributed by atoms with E-state index in [1.807, 2.05) is 7.05 Å². The van der Waals surface area contributed by atoms with Crippen LogP contribution in [0.4, 0.5) is 0 Å². The van der Waals surface area contributed by atoms with E-state index in [0.717, 1.165) is 18.4 Å². The Morgan fingerprint density at radius 1 is 1.67 bits per heavy atom. The molecular weight excluding hydrogens is 152 g/mol. The number of nitrogens with zero attached hydrogens (tertiary/aromatic N) is 1. The van der Waals surface area contributed by atoms with Crippen molar-refractivity contribution in [3.8, 4) is 0 Å². The number of rotatable bonds is 5. The van der Waals surface area contributed by atoms with E-state index in [9.17, 15) is 5.11 Å². The Bertz CT molecular complexity index is 134. The number of hydrogen-bond acceptors (Lipinski definition) is 3. The minimum Gasteiger partial charge on any atom is -0.390 e. The van der Waals surface area contributed by atoms with Gasteiger partial charge in [-0.15, -0.1) is 0 Å². The van der Waals surface area contributed by atoms with Gasteiger partial charge in [0.05, 0.1) is 6.10 Å². The number of hydrogen-bond donors (Lipinski definition) is 2. The molecule has 0 spiro atoms. The van der Waals surface area contributed by atoms with Crippen molar-refractivity contribution in [2.24, 2.45) is 17.6 Å². The summed E-state index contributed by atoms with van der Waals surface area (Å²) < 4.78 is 0. The lowest BCUT2D eigenvalue weighted by Gasteiger charge is -2.19. The number of likely N-dealkylation sites (N-methyl/N-ethyl adjacent to an activating group) is 1. The second-order valence-electron chi connectivity index (χ2n) is 4.08. The van der Waals surface area contributed by atoms with Crippen molar-refractivity contribution in [1.82, 2.24) is 4.90 Å². The summed E-state index contributed by atoms with van der Waals surface area (Å²) in [5.41, 5.74) is 5.32. The van der Waals surface area contributed by atoms with E-state index >= 15 is 0 Å². The highest BCUT2D eigenvalue weighted by Gasteiger charge is 2.33. The van der Waals surface area contributed by atoms with Crippen LogP contribution in [0.5, 0.6) is 0 Å². The van der Waals surface area contributed by atoms with Gasteiger partial charge in [-0.1, -0.05) is 6.92 Å². The van der Waals surface area contributed by atoms with Gasteiger partial charge >= 0.3 is 0 Å². The Labute approximate surface area is 74.5 Å². The minimum absolute atomic E-state index is 0.357. The monoisotopic (exact) mass is 172 g/mol. The van der Waals surface area contributed by atoms with Crippen molar-refractivity contribution in [2.45, 2.75) is 19.4 Å². The van der Waals surface area contributed by atoms with E-state index in [4.69, 9.17) is 5.73 Å². The van der Waals surface area contributed by atoms with Gasteiger partial charge in [-0.05, 0) is 25.3 Å². The third-order valence-corrected chi connectivity index (χ3v) is 2.62. The normalized spacial score (nSPS) is 30.8. The smallest absolute Gasteiger partial charge is 0.0788 e. The highest BCUT2D eigenvalue weighted by Crippen LogP contribution is 2.37. The molecule has 0 amide bonds. The molecule has 1 fully saturated rings. The topological polar surface area (TPSA) is 49.5 Å². The fourth-order valence-electron chi connectivity index (χ4n) is 1.56. The Balaban J connectivity index is 2.07. The molecule has 0 aromatic rings. The molecule has 3 N–H and O–H groups in total. The van der Waals surface area contributed by atoms with E-state index in [2.05, 4.69) is 11.8 Å². The van der Waals surface area contributed by atoms with Crippen LogP contribution in [0, 0.1) is 11.8 Å². The molecule has 0 aromatic heterocycles. The lowest BCUT2D eigenvalue weighted by Crippen LogP contribution is -2.35. The molecule has 1 aliphatic rings. The van der Waals surface area contributed by atoms with Gasteiger partial charge in [0.1, 0.15) is 0 Å². The first-order valence-corrected chi connectivity index (χ1v) is 4.70. The van der Waals surface area contributed by atoms with E-state index in [1.165, 1.54) is 6.42 Å². The van der Waals surface area contributed by atoms with Crippen molar-refractivity contribution in [3.05, 3.63) is 0 Å². The summed E-state index contributed by atoms with van der Waals surface area (Å²) in [6.07, 6.45) is 0.993. The molecule has 12 heavy (non-hydrogen) atoms. The SMILES string of the molecule is CC1CC1CN(C)CC(O)CN. The van der Waals surface area contributed by atoms with Crippen LogP contribution in [0.15, 0.2) is 0 Å². The minimum atomic E-state index is -0.357. The molecule has 0 radical (unpaired) electrons. The number of aliphatic hydroxyl groups excluding tert-OH is 1. The van der Waals surface area contributed by atoms with Crippen LogP contribution < -0.4 is 5.73 Å². The van der Waals surface area contributed by atoms with Crippen LogP contribution in [0.25, 0.3) is 0 Å². The van der Waals surface area contributed by atoms with Crippen LogP contribution in [0.3, 0.4) is 0 Å². The van der Waals surface area contributed by atoms with Crippen LogP contribution >= 0.6 is 0 Å². The van der Waals surface area contributed by atoms with Crippen LogP contribution in [-0.4, -0.2) is 42.8 Å². The van der Waals surface area contributed by atoms with Gasteiger partial charge in [-0.3, -0.25) is 0 Å². The van der Waals surface area contributed by atoms with Crippen molar-refractivity contribution in [1.29, 1.82) is 0 Å². The second kappa shape index (κ2) is 4.21. The summed E-state index contributed by atoms with van der Waals surface area (Å²) in [5.74, 6) is 1.75. The summed E-state index contributed by atoms with van der Waals surface area (Å²) >= 11 is 0. The molecule has 1 rings (SSSR count). The summed E-state index contributed by atoms with van der Waals surface area (Å²) in [6, 6.07) is 0. The molecule has 3 heteroatoms. The zero-order valence-corrected chi connectivity index (χ0v) is 8.03. The molecule has 0 aliphatic heterocycles. The average molecular weight is 172 g/mol. The molecule has 0 aromatic carbocycles. The summed E-state index contributed by atoms with van der Waals surface area (Å²) in [5, 5.41) is 9.26. The second-order valence-corrected chi connectivity index (χ2v) is 4.08. The highest BCUT2D eigenvalue weighted by atomic mass is 16.3.